The van der Waals surface area contributed by atoms with Crippen LogP contribution < -0.4 is 16.1 Å². The van der Waals surface area contributed by atoms with Gasteiger partial charge in [0.15, 0.2) is 11.2 Å². The molecule has 3 heterocycles. The van der Waals surface area contributed by atoms with Gasteiger partial charge in [-0.05, 0) is 29.8 Å². The number of aryl methyl sites for hydroxylation is 1. The zero-order chi connectivity index (χ0) is 25.2. The quantitative estimate of drug-likeness (QED) is 0.418. The maximum Gasteiger partial charge on any atom is 0.332 e. The number of allylic oxidation sites excluding steroid dienone is 1. The Kier molecular flexibility index (Phi) is 6.56. The third-order valence-corrected chi connectivity index (χ3v) is 6.75. The molecule has 8 nitrogen and oxygen atoms in total. The van der Waals surface area contributed by atoms with Gasteiger partial charge in [0.25, 0.3) is 5.56 Å². The summed E-state index contributed by atoms with van der Waals surface area (Å²) in [6.45, 7) is 4.24. The molecule has 186 valence electrons. The lowest BCUT2D eigenvalue weighted by atomic mass is 10.2. The highest BCUT2D eigenvalue weighted by atomic mass is 19.1. The molecule has 1 aliphatic rings. The Hall–Kier alpha value is -3.98. The van der Waals surface area contributed by atoms with Crippen molar-refractivity contribution in [3.8, 4) is 0 Å². The number of hydrogen-bond acceptors (Lipinski definition) is 5. The summed E-state index contributed by atoms with van der Waals surface area (Å²) in [5.41, 5.74) is 2.17. The fourth-order valence-corrected chi connectivity index (χ4v) is 4.68. The minimum Gasteiger partial charge on any atom is -0.369 e. The number of piperazine rings is 1. The third kappa shape index (κ3) is 4.61. The van der Waals surface area contributed by atoms with E-state index in [1.54, 1.807) is 19.2 Å². The molecule has 36 heavy (non-hydrogen) atoms. The number of hydrogen-bond donors (Lipinski definition) is 0. The Balaban J connectivity index is 1.42. The van der Waals surface area contributed by atoms with E-state index in [0.717, 1.165) is 47.8 Å². The van der Waals surface area contributed by atoms with Crippen LogP contribution in [0.1, 0.15) is 11.4 Å². The van der Waals surface area contributed by atoms with Crippen LogP contribution in [-0.4, -0.2) is 49.8 Å². The van der Waals surface area contributed by atoms with Gasteiger partial charge in [-0.2, -0.15) is 0 Å². The molecule has 1 aliphatic heterocycles. The predicted molar refractivity (Wildman–Crippen MR) is 140 cm³/mol. The summed E-state index contributed by atoms with van der Waals surface area (Å²) in [4.78, 5) is 34.9. The first kappa shape index (κ1) is 23.7. The molecule has 0 amide bonds. The number of halogens is 1. The lowest BCUT2D eigenvalue weighted by Crippen LogP contribution is -2.46. The number of anilines is 1. The molecule has 1 saturated heterocycles. The molecule has 0 radical (unpaired) electrons. The van der Waals surface area contributed by atoms with E-state index < -0.39 is 5.69 Å². The fourth-order valence-electron chi connectivity index (χ4n) is 4.68. The number of imidazole rings is 1. The summed E-state index contributed by atoms with van der Waals surface area (Å²) in [5.74, 6) is 0.509. The van der Waals surface area contributed by atoms with Crippen LogP contribution in [0.2, 0.25) is 0 Å². The summed E-state index contributed by atoms with van der Waals surface area (Å²) in [6.07, 6.45) is 4.03. The van der Waals surface area contributed by atoms with Crippen LogP contribution in [0.15, 0.2) is 70.3 Å². The van der Waals surface area contributed by atoms with Crippen LogP contribution in [0.3, 0.4) is 0 Å². The third-order valence-electron chi connectivity index (χ3n) is 6.75. The van der Waals surface area contributed by atoms with Crippen molar-refractivity contribution in [2.75, 3.05) is 31.1 Å². The molecule has 0 atom stereocenters. The summed E-state index contributed by atoms with van der Waals surface area (Å²) in [5, 5.41) is 0. The molecule has 2 aromatic heterocycles. The van der Waals surface area contributed by atoms with Crippen molar-refractivity contribution in [3.05, 3.63) is 98.7 Å². The zero-order valence-corrected chi connectivity index (χ0v) is 20.5. The molecule has 0 aliphatic carbocycles. The van der Waals surface area contributed by atoms with Crippen molar-refractivity contribution in [2.24, 2.45) is 14.1 Å². The van der Waals surface area contributed by atoms with Gasteiger partial charge in [-0.3, -0.25) is 18.8 Å². The van der Waals surface area contributed by atoms with E-state index in [1.807, 2.05) is 47.1 Å². The minimum atomic E-state index is -0.392. The molecule has 0 spiro atoms. The van der Waals surface area contributed by atoms with Crippen molar-refractivity contribution >= 4 is 22.9 Å². The Bertz CT molecular complexity index is 1510. The van der Waals surface area contributed by atoms with Crippen LogP contribution in [0.5, 0.6) is 0 Å². The molecule has 1 fully saturated rings. The van der Waals surface area contributed by atoms with Gasteiger partial charge in [0, 0.05) is 52.5 Å². The smallest absolute Gasteiger partial charge is 0.332 e. The maximum absolute atomic E-state index is 13.3. The second-order valence-electron chi connectivity index (χ2n) is 9.07. The van der Waals surface area contributed by atoms with Gasteiger partial charge < -0.3 is 9.47 Å². The Morgan fingerprint density at radius 3 is 2.31 bits per heavy atom. The second kappa shape index (κ2) is 9.94. The topological polar surface area (TPSA) is 68.3 Å². The van der Waals surface area contributed by atoms with Gasteiger partial charge >= 0.3 is 5.69 Å². The second-order valence-corrected chi connectivity index (χ2v) is 9.07. The highest BCUT2D eigenvalue weighted by Gasteiger charge is 2.23. The standard InChI is InChI=1S/C27H29FN6O2/c1-30-25-24(26(35)31(2)27(30)36)34(14-6-9-20-7-4-3-5-8-20)23(29-25)19-32-15-17-33(18-16-32)22-12-10-21(28)11-13-22/h3-13H,14-19H2,1-2H3. The number of nitrogens with zero attached hydrogens (tertiary/aromatic N) is 6. The van der Waals surface area contributed by atoms with Crippen molar-refractivity contribution in [2.45, 2.75) is 13.1 Å². The van der Waals surface area contributed by atoms with E-state index >= 15 is 0 Å². The SMILES string of the molecule is Cn1c(=O)c2c(nc(CN3CCN(c4ccc(F)cc4)CC3)n2CC=Cc2ccccc2)n(C)c1=O. The van der Waals surface area contributed by atoms with E-state index in [-0.39, 0.29) is 11.4 Å². The Morgan fingerprint density at radius 2 is 1.61 bits per heavy atom. The lowest BCUT2D eigenvalue weighted by molar-refractivity contribution is 0.241. The molecule has 0 N–H and O–H groups in total. The largest absolute Gasteiger partial charge is 0.369 e. The minimum absolute atomic E-state index is 0.238. The van der Waals surface area contributed by atoms with Crippen molar-refractivity contribution in [1.82, 2.24) is 23.6 Å². The summed E-state index contributed by atoms with van der Waals surface area (Å²) >= 11 is 0. The molecule has 9 heteroatoms. The summed E-state index contributed by atoms with van der Waals surface area (Å²) in [7, 11) is 3.14. The fraction of sp³-hybridized carbons (Fsp3) is 0.296. The number of fused-ring (bicyclic) bond motifs is 1. The highest BCUT2D eigenvalue weighted by Crippen LogP contribution is 2.19. The lowest BCUT2D eigenvalue weighted by Gasteiger charge is -2.36. The molecule has 4 aromatic rings. The number of benzene rings is 2. The van der Waals surface area contributed by atoms with Crippen molar-refractivity contribution < 1.29 is 4.39 Å². The van der Waals surface area contributed by atoms with Crippen LogP contribution in [0.25, 0.3) is 17.2 Å². The van der Waals surface area contributed by atoms with Gasteiger partial charge in [-0.15, -0.1) is 0 Å². The van der Waals surface area contributed by atoms with Gasteiger partial charge in [0.2, 0.25) is 0 Å². The monoisotopic (exact) mass is 488 g/mol. The summed E-state index contributed by atoms with van der Waals surface area (Å²) < 4.78 is 17.8. The molecule has 0 unspecified atom stereocenters. The molecule has 2 aromatic carbocycles. The average Bonchev–Trinajstić information content (AvgIpc) is 3.26. The van der Waals surface area contributed by atoms with E-state index in [2.05, 4.69) is 9.80 Å². The first-order valence-electron chi connectivity index (χ1n) is 12.0. The van der Waals surface area contributed by atoms with Gasteiger partial charge in [0.05, 0.1) is 6.54 Å². The first-order valence-corrected chi connectivity index (χ1v) is 12.0. The van der Waals surface area contributed by atoms with Crippen LogP contribution in [0.4, 0.5) is 10.1 Å². The van der Waals surface area contributed by atoms with Crippen LogP contribution in [0, 0.1) is 5.82 Å². The molecular formula is C27H29FN6O2. The first-order chi connectivity index (χ1) is 17.4. The maximum atomic E-state index is 13.3. The normalized spacial score (nSPS) is 14.8. The molecular weight excluding hydrogens is 459 g/mol. The van der Waals surface area contributed by atoms with Gasteiger partial charge in [-0.1, -0.05) is 42.5 Å². The van der Waals surface area contributed by atoms with Crippen LogP contribution >= 0.6 is 0 Å². The zero-order valence-electron chi connectivity index (χ0n) is 20.5. The highest BCUT2D eigenvalue weighted by molar-refractivity contribution is 5.71. The van der Waals surface area contributed by atoms with Crippen molar-refractivity contribution in [1.29, 1.82) is 0 Å². The van der Waals surface area contributed by atoms with E-state index in [0.29, 0.717) is 24.3 Å². The Labute approximate surface area is 208 Å². The van der Waals surface area contributed by atoms with E-state index in [4.69, 9.17) is 4.98 Å². The number of rotatable bonds is 6. The van der Waals surface area contributed by atoms with Gasteiger partial charge in [0.1, 0.15) is 11.6 Å². The van der Waals surface area contributed by atoms with Crippen LogP contribution in [-0.2, 0) is 27.2 Å². The predicted octanol–water partition coefficient (Wildman–Crippen LogP) is 2.61. The summed E-state index contributed by atoms with van der Waals surface area (Å²) in [6, 6.07) is 16.6. The number of aromatic nitrogens is 4. The van der Waals surface area contributed by atoms with Crippen molar-refractivity contribution in [3.63, 3.8) is 0 Å². The van der Waals surface area contributed by atoms with E-state index in [1.165, 1.54) is 23.7 Å². The molecule has 5 rings (SSSR count). The average molecular weight is 489 g/mol. The van der Waals surface area contributed by atoms with Gasteiger partial charge in [-0.25, -0.2) is 14.2 Å². The van der Waals surface area contributed by atoms with E-state index in [9.17, 15) is 14.0 Å². The molecule has 0 bridgehead atoms. The Morgan fingerprint density at radius 1 is 0.917 bits per heavy atom. The molecule has 0 saturated carbocycles.